The van der Waals surface area contributed by atoms with Crippen LogP contribution in [0.4, 0.5) is 4.39 Å². The molecule has 1 amide bonds. The summed E-state index contributed by atoms with van der Waals surface area (Å²) in [6.07, 6.45) is 2.95. The van der Waals surface area contributed by atoms with Crippen LogP contribution in [0.1, 0.15) is 11.1 Å². The number of hydrogen-bond acceptors (Lipinski definition) is 4. The fourth-order valence-electron chi connectivity index (χ4n) is 2.95. The first kappa shape index (κ1) is 21.0. The zero-order valence-electron chi connectivity index (χ0n) is 15.3. The van der Waals surface area contributed by atoms with Crippen LogP contribution >= 0.6 is 11.6 Å². The van der Waals surface area contributed by atoms with E-state index in [0.717, 1.165) is 12.1 Å². The van der Waals surface area contributed by atoms with E-state index in [1.807, 2.05) is 0 Å². The second kappa shape index (κ2) is 8.74. The van der Waals surface area contributed by atoms with Crippen LogP contribution in [0, 0.1) is 17.1 Å². The van der Waals surface area contributed by atoms with Crippen LogP contribution < -0.4 is 0 Å². The van der Waals surface area contributed by atoms with Crippen LogP contribution in [0.3, 0.4) is 0 Å². The molecule has 150 valence electrons. The maximum atomic E-state index is 13.3. The molecule has 3 rings (SSSR count). The van der Waals surface area contributed by atoms with Gasteiger partial charge < -0.3 is 4.90 Å². The summed E-state index contributed by atoms with van der Waals surface area (Å²) in [5, 5.41) is 8.83. The highest BCUT2D eigenvalue weighted by Gasteiger charge is 2.30. The van der Waals surface area contributed by atoms with Crippen molar-refractivity contribution in [3.05, 3.63) is 70.5 Å². The van der Waals surface area contributed by atoms with Gasteiger partial charge in [-0.2, -0.15) is 9.57 Å². The van der Waals surface area contributed by atoms with Gasteiger partial charge in [-0.1, -0.05) is 29.8 Å². The van der Waals surface area contributed by atoms with Crippen LogP contribution in [-0.4, -0.2) is 49.7 Å². The van der Waals surface area contributed by atoms with Crippen LogP contribution in [0.5, 0.6) is 0 Å². The van der Waals surface area contributed by atoms with Gasteiger partial charge in [0, 0.05) is 32.3 Å². The molecule has 0 aromatic heterocycles. The molecule has 0 N–H and O–H groups in total. The first-order valence-electron chi connectivity index (χ1n) is 8.74. The molecule has 0 spiro atoms. The van der Waals surface area contributed by atoms with Gasteiger partial charge in [-0.25, -0.2) is 12.8 Å². The van der Waals surface area contributed by atoms with Crippen molar-refractivity contribution >= 4 is 33.6 Å². The molecule has 1 aliphatic heterocycles. The third-order valence-electron chi connectivity index (χ3n) is 4.57. The Morgan fingerprint density at radius 2 is 1.83 bits per heavy atom. The van der Waals surface area contributed by atoms with E-state index in [0.29, 0.717) is 11.1 Å². The van der Waals surface area contributed by atoms with Crippen LogP contribution in [0.15, 0.2) is 53.4 Å². The summed E-state index contributed by atoms with van der Waals surface area (Å²) in [7, 11) is -3.82. The molecule has 9 heteroatoms. The van der Waals surface area contributed by atoms with Gasteiger partial charge in [0.2, 0.25) is 15.9 Å². The van der Waals surface area contributed by atoms with E-state index >= 15 is 0 Å². The molecular weight excluding hydrogens is 417 g/mol. The molecule has 1 fully saturated rings. The molecule has 0 aliphatic carbocycles. The van der Waals surface area contributed by atoms with E-state index in [9.17, 15) is 17.6 Å². The second-order valence-corrected chi connectivity index (χ2v) is 8.68. The van der Waals surface area contributed by atoms with Crippen molar-refractivity contribution in [3.63, 3.8) is 0 Å². The van der Waals surface area contributed by atoms with Crippen LogP contribution in [0.2, 0.25) is 5.02 Å². The lowest BCUT2D eigenvalue weighted by Gasteiger charge is -2.33. The summed E-state index contributed by atoms with van der Waals surface area (Å²) in [5.41, 5.74) is 1.10. The third-order valence-corrected chi connectivity index (χ3v) is 6.75. The van der Waals surface area contributed by atoms with Crippen molar-refractivity contribution in [1.29, 1.82) is 5.26 Å². The Morgan fingerprint density at radius 3 is 2.48 bits per heavy atom. The quantitative estimate of drug-likeness (QED) is 0.694. The van der Waals surface area contributed by atoms with Gasteiger partial charge >= 0.3 is 0 Å². The summed E-state index contributed by atoms with van der Waals surface area (Å²) in [6, 6.07) is 12.2. The van der Waals surface area contributed by atoms with Gasteiger partial charge in [0.1, 0.15) is 5.82 Å². The van der Waals surface area contributed by atoms with Gasteiger partial charge in [-0.05, 0) is 35.9 Å². The lowest BCUT2D eigenvalue weighted by Crippen LogP contribution is -2.50. The Bertz CT molecular complexity index is 1100. The Kier molecular flexibility index (Phi) is 6.33. The van der Waals surface area contributed by atoms with Gasteiger partial charge in [-0.3, -0.25) is 4.79 Å². The number of hydrogen-bond donors (Lipinski definition) is 0. The van der Waals surface area contributed by atoms with Crippen molar-refractivity contribution in [1.82, 2.24) is 9.21 Å². The van der Waals surface area contributed by atoms with Crippen molar-refractivity contribution in [3.8, 4) is 6.07 Å². The largest absolute Gasteiger partial charge is 0.337 e. The lowest BCUT2D eigenvalue weighted by atomic mass is 10.1. The van der Waals surface area contributed by atoms with Gasteiger partial charge in [0.15, 0.2) is 0 Å². The number of nitrogens with zero attached hydrogens (tertiary/aromatic N) is 3. The van der Waals surface area contributed by atoms with Crippen molar-refractivity contribution in [2.45, 2.75) is 4.90 Å². The van der Waals surface area contributed by atoms with E-state index in [1.54, 1.807) is 30.3 Å². The molecule has 1 aliphatic rings. The van der Waals surface area contributed by atoms with Gasteiger partial charge in [-0.15, -0.1) is 0 Å². The zero-order chi connectivity index (χ0) is 21.0. The van der Waals surface area contributed by atoms with E-state index in [-0.39, 0.29) is 42.0 Å². The van der Waals surface area contributed by atoms with Gasteiger partial charge in [0.05, 0.1) is 21.6 Å². The average Bonchev–Trinajstić information content (AvgIpc) is 2.74. The first-order chi connectivity index (χ1) is 13.8. The van der Waals surface area contributed by atoms with E-state index in [4.69, 9.17) is 16.9 Å². The molecule has 2 aromatic carbocycles. The van der Waals surface area contributed by atoms with E-state index in [2.05, 4.69) is 6.07 Å². The van der Waals surface area contributed by atoms with Crippen molar-refractivity contribution in [2.75, 3.05) is 26.2 Å². The fourth-order valence-corrected chi connectivity index (χ4v) is 4.64. The molecule has 0 radical (unpaired) electrons. The highest BCUT2D eigenvalue weighted by molar-refractivity contribution is 7.89. The topological polar surface area (TPSA) is 81.5 Å². The zero-order valence-corrected chi connectivity index (χ0v) is 16.8. The molecule has 0 saturated carbocycles. The number of benzene rings is 2. The number of piperazine rings is 1. The summed E-state index contributed by atoms with van der Waals surface area (Å²) < 4.78 is 40.0. The van der Waals surface area contributed by atoms with E-state index < -0.39 is 15.8 Å². The Morgan fingerprint density at radius 1 is 1.14 bits per heavy atom. The maximum Gasteiger partial charge on any atom is 0.246 e. The van der Waals surface area contributed by atoms with Crippen molar-refractivity contribution in [2.24, 2.45) is 0 Å². The normalized spacial score (nSPS) is 15.4. The van der Waals surface area contributed by atoms with Gasteiger partial charge in [0.25, 0.3) is 0 Å². The summed E-state index contributed by atoms with van der Waals surface area (Å²) in [5.74, 6) is -0.953. The standard InChI is InChI=1S/C20H17ClFN3O3S/c21-18-13-17(6-7-19(18)22)29(27,28)25-11-9-24(10-12-25)20(26)8-5-15-3-1-2-4-16(15)14-23/h1-8,13H,9-12H2/b8-5+. The average molecular weight is 434 g/mol. The predicted molar refractivity (Wildman–Crippen MR) is 107 cm³/mol. The minimum absolute atomic E-state index is 0.0864. The Labute approximate surface area is 173 Å². The number of carbonyl (C=O) groups is 1. The second-order valence-electron chi connectivity index (χ2n) is 6.34. The molecule has 29 heavy (non-hydrogen) atoms. The third kappa shape index (κ3) is 4.65. The number of amides is 1. The van der Waals surface area contributed by atoms with E-state index in [1.165, 1.54) is 21.3 Å². The molecule has 6 nitrogen and oxygen atoms in total. The molecular formula is C20H17ClFN3O3S. The molecule has 1 saturated heterocycles. The summed E-state index contributed by atoms with van der Waals surface area (Å²) >= 11 is 5.69. The van der Waals surface area contributed by atoms with Crippen LogP contribution in [-0.2, 0) is 14.8 Å². The first-order valence-corrected chi connectivity index (χ1v) is 10.6. The molecule has 0 unspecified atom stereocenters. The summed E-state index contributed by atoms with van der Waals surface area (Å²) in [4.78, 5) is 13.9. The Hall–Kier alpha value is -2.73. The predicted octanol–water partition coefficient (Wildman–Crippen LogP) is 2.90. The Balaban J connectivity index is 1.65. The maximum absolute atomic E-state index is 13.3. The lowest BCUT2D eigenvalue weighted by molar-refractivity contribution is -0.127. The fraction of sp³-hybridized carbons (Fsp3) is 0.200. The molecule has 0 bridgehead atoms. The SMILES string of the molecule is N#Cc1ccccc1/C=C/C(=O)N1CCN(S(=O)(=O)c2ccc(F)c(Cl)c2)CC1. The number of nitriles is 1. The van der Waals surface area contributed by atoms with Crippen LogP contribution in [0.25, 0.3) is 6.08 Å². The molecule has 1 heterocycles. The van der Waals surface area contributed by atoms with Crippen molar-refractivity contribution < 1.29 is 17.6 Å². The smallest absolute Gasteiger partial charge is 0.246 e. The molecule has 2 aromatic rings. The number of carbonyl (C=O) groups excluding carboxylic acids is 1. The highest BCUT2D eigenvalue weighted by atomic mass is 35.5. The number of rotatable bonds is 4. The minimum Gasteiger partial charge on any atom is -0.337 e. The number of sulfonamides is 1. The monoisotopic (exact) mass is 433 g/mol. The highest BCUT2D eigenvalue weighted by Crippen LogP contribution is 2.23. The summed E-state index contributed by atoms with van der Waals surface area (Å²) in [6.45, 7) is 0.672. The molecule has 0 atom stereocenters. The number of halogens is 2. The minimum atomic E-state index is -3.82.